The van der Waals surface area contributed by atoms with Gasteiger partial charge in [-0.15, -0.1) is 0 Å². The van der Waals surface area contributed by atoms with Crippen molar-refractivity contribution in [2.75, 3.05) is 20.8 Å². The van der Waals surface area contributed by atoms with Gasteiger partial charge in [0.1, 0.15) is 0 Å². The van der Waals surface area contributed by atoms with Crippen LogP contribution in [0.1, 0.15) is 40.5 Å². The lowest BCUT2D eigenvalue weighted by molar-refractivity contribution is 0.0499. The lowest BCUT2D eigenvalue weighted by atomic mass is 10.1. The summed E-state index contributed by atoms with van der Waals surface area (Å²) < 4.78 is 21.0. The van der Waals surface area contributed by atoms with Gasteiger partial charge in [0.25, 0.3) is 0 Å². The summed E-state index contributed by atoms with van der Waals surface area (Å²) in [5.41, 5.74) is 0.676. The van der Waals surface area contributed by atoms with Crippen molar-refractivity contribution in [1.82, 2.24) is 0 Å². The van der Waals surface area contributed by atoms with Crippen molar-refractivity contribution in [2.24, 2.45) is 0 Å². The second-order valence-electron chi connectivity index (χ2n) is 5.45. The molecule has 0 radical (unpaired) electrons. The van der Waals surface area contributed by atoms with Crippen LogP contribution < -0.4 is 14.2 Å². The van der Waals surface area contributed by atoms with Crippen molar-refractivity contribution in [1.29, 1.82) is 0 Å². The molecule has 2 aromatic carbocycles. The maximum absolute atomic E-state index is 12.4. The number of methoxy groups -OCH3 is 2. The molecule has 0 aliphatic rings. The number of carbonyl (C=O) groups excluding carboxylic acids is 2. The summed E-state index contributed by atoms with van der Waals surface area (Å²) in [6.07, 6.45) is 1.77. The second kappa shape index (κ2) is 9.46. The first-order chi connectivity index (χ1) is 12.6. The highest BCUT2D eigenvalue weighted by Crippen LogP contribution is 2.37. The fourth-order valence-electron chi connectivity index (χ4n) is 2.20. The van der Waals surface area contributed by atoms with Gasteiger partial charge in [-0.05, 0) is 42.8 Å². The molecular formula is C20H22O6. The minimum Gasteiger partial charge on any atom is -0.493 e. The molecule has 26 heavy (non-hydrogen) atoms. The summed E-state index contributed by atoms with van der Waals surface area (Å²) in [6.45, 7) is 2.40. The predicted molar refractivity (Wildman–Crippen MR) is 96.1 cm³/mol. The second-order valence-corrected chi connectivity index (χ2v) is 5.45. The Morgan fingerprint density at radius 3 is 1.88 bits per heavy atom. The molecule has 0 aliphatic heterocycles. The smallest absolute Gasteiger partial charge is 0.343 e. The van der Waals surface area contributed by atoms with E-state index in [0.29, 0.717) is 29.2 Å². The van der Waals surface area contributed by atoms with Crippen LogP contribution in [0.2, 0.25) is 0 Å². The van der Waals surface area contributed by atoms with E-state index >= 15 is 0 Å². The Morgan fingerprint density at radius 1 is 0.846 bits per heavy atom. The highest BCUT2D eigenvalue weighted by Gasteiger charge is 2.17. The van der Waals surface area contributed by atoms with Gasteiger partial charge >= 0.3 is 11.9 Å². The number of hydrogen-bond donors (Lipinski definition) is 0. The average molecular weight is 358 g/mol. The van der Waals surface area contributed by atoms with E-state index in [1.165, 1.54) is 38.5 Å². The number of carbonyl (C=O) groups is 2. The molecule has 0 saturated carbocycles. The molecule has 0 bridgehead atoms. The largest absolute Gasteiger partial charge is 0.493 e. The van der Waals surface area contributed by atoms with Gasteiger partial charge in [0.2, 0.25) is 5.75 Å². The Kier molecular flexibility index (Phi) is 7.02. The molecule has 0 atom stereocenters. The molecule has 0 aliphatic carbocycles. The van der Waals surface area contributed by atoms with Crippen LogP contribution in [0.4, 0.5) is 0 Å². The lowest BCUT2D eigenvalue weighted by Crippen LogP contribution is -2.11. The van der Waals surface area contributed by atoms with Crippen molar-refractivity contribution in [3.63, 3.8) is 0 Å². The van der Waals surface area contributed by atoms with Crippen molar-refractivity contribution in [3.05, 3.63) is 53.6 Å². The zero-order chi connectivity index (χ0) is 18.9. The molecule has 6 nitrogen and oxygen atoms in total. The number of ether oxygens (including phenoxy) is 4. The van der Waals surface area contributed by atoms with E-state index in [0.717, 1.165) is 12.8 Å². The van der Waals surface area contributed by atoms with Crippen molar-refractivity contribution < 1.29 is 28.5 Å². The Morgan fingerprint density at radius 2 is 1.38 bits per heavy atom. The molecular weight excluding hydrogens is 336 g/mol. The summed E-state index contributed by atoms with van der Waals surface area (Å²) in [5.74, 6) is -0.0309. The van der Waals surface area contributed by atoms with Crippen LogP contribution in [-0.4, -0.2) is 32.8 Å². The molecule has 0 spiro atoms. The number of benzene rings is 2. The van der Waals surface area contributed by atoms with Gasteiger partial charge < -0.3 is 18.9 Å². The molecule has 0 fully saturated rings. The summed E-state index contributed by atoms with van der Waals surface area (Å²) in [4.78, 5) is 24.3. The maximum atomic E-state index is 12.4. The minimum atomic E-state index is -0.585. The van der Waals surface area contributed by atoms with E-state index in [1.54, 1.807) is 18.2 Å². The van der Waals surface area contributed by atoms with Gasteiger partial charge in [-0.2, -0.15) is 0 Å². The molecule has 2 rings (SSSR count). The number of esters is 2. The third kappa shape index (κ3) is 4.75. The first-order valence-electron chi connectivity index (χ1n) is 8.31. The Bertz CT molecular complexity index is 729. The summed E-state index contributed by atoms with van der Waals surface area (Å²) >= 11 is 0. The van der Waals surface area contributed by atoms with Gasteiger partial charge in [-0.25, -0.2) is 9.59 Å². The molecule has 0 unspecified atom stereocenters. The topological polar surface area (TPSA) is 71.1 Å². The average Bonchev–Trinajstić information content (AvgIpc) is 2.68. The van der Waals surface area contributed by atoms with E-state index in [-0.39, 0.29) is 5.75 Å². The van der Waals surface area contributed by atoms with E-state index in [2.05, 4.69) is 0 Å². The highest BCUT2D eigenvalue weighted by molar-refractivity contribution is 5.94. The normalized spacial score (nSPS) is 10.1. The van der Waals surface area contributed by atoms with E-state index in [9.17, 15) is 9.59 Å². The van der Waals surface area contributed by atoms with Crippen LogP contribution in [0.5, 0.6) is 17.2 Å². The predicted octanol–water partition coefficient (Wildman–Crippen LogP) is 3.88. The molecule has 0 heterocycles. The van der Waals surface area contributed by atoms with Crippen LogP contribution in [0.15, 0.2) is 42.5 Å². The van der Waals surface area contributed by atoms with E-state index in [4.69, 9.17) is 18.9 Å². The summed E-state index contributed by atoms with van der Waals surface area (Å²) in [5, 5.41) is 0. The van der Waals surface area contributed by atoms with E-state index in [1.807, 2.05) is 6.92 Å². The molecule has 0 amide bonds. The monoisotopic (exact) mass is 358 g/mol. The van der Waals surface area contributed by atoms with Crippen molar-refractivity contribution in [2.45, 2.75) is 19.8 Å². The van der Waals surface area contributed by atoms with Crippen molar-refractivity contribution >= 4 is 11.9 Å². The zero-order valence-electron chi connectivity index (χ0n) is 15.1. The molecule has 2 aromatic rings. The van der Waals surface area contributed by atoms with Gasteiger partial charge in [-0.1, -0.05) is 19.4 Å². The number of para-hydroxylation sites is 1. The maximum Gasteiger partial charge on any atom is 0.343 e. The molecule has 0 saturated heterocycles. The first kappa shape index (κ1) is 19.3. The number of hydrogen-bond acceptors (Lipinski definition) is 6. The van der Waals surface area contributed by atoms with E-state index < -0.39 is 11.9 Å². The molecule has 0 aromatic heterocycles. The fourth-order valence-corrected chi connectivity index (χ4v) is 2.20. The van der Waals surface area contributed by atoms with Crippen LogP contribution in [0.25, 0.3) is 0 Å². The Balaban J connectivity index is 2.10. The highest BCUT2D eigenvalue weighted by atomic mass is 16.6. The van der Waals surface area contributed by atoms with Crippen LogP contribution in [0, 0.1) is 0 Å². The number of rotatable bonds is 8. The molecule has 6 heteroatoms. The standard InChI is InChI=1S/C20H22O6/c1-4-5-13-25-19(21)14-9-11-15(12-10-14)20(22)26-18-16(23-2)7-6-8-17(18)24-3/h6-12H,4-5,13H2,1-3H3. The fraction of sp³-hybridized carbons (Fsp3) is 0.300. The quantitative estimate of drug-likeness (QED) is 0.405. The SMILES string of the molecule is CCCCOC(=O)c1ccc(C(=O)Oc2c(OC)cccc2OC)cc1. The van der Waals surface area contributed by atoms with Gasteiger partial charge in [0.05, 0.1) is 32.0 Å². The van der Waals surface area contributed by atoms with Crippen molar-refractivity contribution in [3.8, 4) is 17.2 Å². The van der Waals surface area contributed by atoms with Crippen LogP contribution in [0.3, 0.4) is 0 Å². The van der Waals surface area contributed by atoms with Gasteiger partial charge in [-0.3, -0.25) is 0 Å². The Hall–Kier alpha value is -3.02. The van der Waals surface area contributed by atoms with Crippen LogP contribution in [-0.2, 0) is 4.74 Å². The minimum absolute atomic E-state index is 0.200. The third-order valence-corrected chi connectivity index (χ3v) is 3.66. The van der Waals surface area contributed by atoms with Crippen LogP contribution >= 0.6 is 0 Å². The van der Waals surface area contributed by atoms with Gasteiger partial charge in [0.15, 0.2) is 11.5 Å². The number of unbranched alkanes of at least 4 members (excludes halogenated alkanes) is 1. The molecule has 0 N–H and O–H groups in total. The third-order valence-electron chi connectivity index (χ3n) is 3.66. The summed E-state index contributed by atoms with van der Waals surface area (Å²) in [7, 11) is 2.95. The van der Waals surface area contributed by atoms with Gasteiger partial charge in [0, 0.05) is 0 Å². The zero-order valence-corrected chi connectivity index (χ0v) is 15.1. The first-order valence-corrected chi connectivity index (χ1v) is 8.31. The Labute approximate surface area is 152 Å². The lowest BCUT2D eigenvalue weighted by Gasteiger charge is -2.12. The summed E-state index contributed by atoms with van der Waals surface area (Å²) in [6, 6.07) is 11.2. The molecule has 138 valence electrons.